The number of piperidine rings is 1. The van der Waals surface area contributed by atoms with Crippen molar-refractivity contribution in [3.63, 3.8) is 0 Å². The van der Waals surface area contributed by atoms with Crippen LogP contribution in [0.25, 0.3) is 10.1 Å². The molecule has 5 aliphatic rings. The summed E-state index contributed by atoms with van der Waals surface area (Å²) in [6, 6.07) is 7.36. The molecule has 38 heavy (non-hydrogen) atoms. The fourth-order valence-corrected chi connectivity index (χ4v) is 10.0. The van der Waals surface area contributed by atoms with Crippen molar-refractivity contribution in [1.82, 2.24) is 23.9 Å². The first-order chi connectivity index (χ1) is 18.1. The molecule has 3 amide bonds. The summed E-state index contributed by atoms with van der Waals surface area (Å²) in [5.74, 6) is -0.278. The number of hydrogen-bond acceptors (Lipinski definition) is 8. The number of halogens is 1. The SMILES string of the molecule is CN1CC23CN(S(=O)(=O)c4cc5ccc(Cl)cc5s4)CC(=O)N2CC2(CCN(C4=NCCO4)CC2)N3C1=O. The van der Waals surface area contributed by atoms with Gasteiger partial charge in [0, 0.05) is 36.4 Å². The van der Waals surface area contributed by atoms with E-state index in [1.54, 1.807) is 41.1 Å². The molecule has 0 N–H and O–H groups in total. The molecule has 0 radical (unpaired) electrons. The van der Waals surface area contributed by atoms with Crippen molar-refractivity contribution in [3.05, 3.63) is 29.3 Å². The molecule has 202 valence electrons. The van der Waals surface area contributed by atoms with Crippen LogP contribution in [0.4, 0.5) is 4.79 Å². The number of fused-ring (bicyclic) bond motifs is 2. The van der Waals surface area contributed by atoms with Crippen LogP contribution in [0.5, 0.6) is 0 Å². The van der Waals surface area contributed by atoms with Gasteiger partial charge in [-0.3, -0.25) is 9.69 Å². The van der Waals surface area contributed by atoms with Gasteiger partial charge in [0.25, 0.3) is 16.0 Å². The Morgan fingerprint density at radius 2 is 1.89 bits per heavy atom. The molecular weight excluding hydrogens is 552 g/mol. The lowest BCUT2D eigenvalue weighted by Crippen LogP contribution is -2.68. The van der Waals surface area contributed by atoms with Crippen LogP contribution in [0.15, 0.2) is 33.5 Å². The molecule has 4 saturated heterocycles. The molecule has 7 rings (SSSR count). The lowest BCUT2D eigenvalue weighted by Gasteiger charge is -2.47. The first-order valence-corrected chi connectivity index (χ1v) is 15.2. The van der Waals surface area contributed by atoms with E-state index < -0.39 is 21.2 Å². The Labute approximate surface area is 229 Å². The van der Waals surface area contributed by atoms with E-state index in [-0.39, 0.29) is 35.8 Å². The summed E-state index contributed by atoms with van der Waals surface area (Å²) in [6.07, 6.45) is 1.29. The maximum absolute atomic E-state index is 13.9. The smallest absolute Gasteiger partial charge is 0.322 e. The van der Waals surface area contributed by atoms with Gasteiger partial charge >= 0.3 is 6.03 Å². The number of benzene rings is 1. The molecule has 0 bridgehead atoms. The van der Waals surface area contributed by atoms with Crippen molar-refractivity contribution < 1.29 is 22.7 Å². The highest BCUT2D eigenvalue weighted by molar-refractivity contribution is 7.91. The average Bonchev–Trinajstić information content (AvgIpc) is 3.65. The average molecular weight is 579 g/mol. The normalized spacial score (nSPS) is 27.4. The monoisotopic (exact) mass is 578 g/mol. The van der Waals surface area contributed by atoms with Crippen LogP contribution in [-0.2, 0) is 19.6 Å². The molecule has 1 atom stereocenters. The lowest BCUT2D eigenvalue weighted by molar-refractivity contribution is -0.143. The third kappa shape index (κ3) is 3.34. The molecule has 1 unspecified atom stereocenters. The van der Waals surface area contributed by atoms with E-state index >= 15 is 0 Å². The van der Waals surface area contributed by atoms with Crippen molar-refractivity contribution in [3.8, 4) is 0 Å². The fraction of sp³-hybridized carbons (Fsp3) is 0.542. The van der Waals surface area contributed by atoms with Crippen LogP contribution in [0.3, 0.4) is 0 Å². The number of rotatable bonds is 2. The zero-order valence-corrected chi connectivity index (χ0v) is 23.2. The van der Waals surface area contributed by atoms with E-state index in [0.717, 1.165) is 21.4 Å². The van der Waals surface area contributed by atoms with Crippen LogP contribution in [0, 0.1) is 0 Å². The molecule has 2 aromatic rings. The molecule has 2 spiro atoms. The topological polar surface area (TPSA) is 106 Å². The van der Waals surface area contributed by atoms with E-state index in [1.807, 2.05) is 4.90 Å². The molecule has 0 aliphatic carbocycles. The Balaban J connectivity index is 1.23. The number of nitrogens with zero attached hydrogens (tertiary/aromatic N) is 6. The van der Waals surface area contributed by atoms with Crippen LogP contribution in [-0.4, -0.2) is 121 Å². The molecule has 1 aromatic heterocycles. The Morgan fingerprint density at radius 3 is 2.63 bits per heavy atom. The summed E-state index contributed by atoms with van der Waals surface area (Å²) < 4.78 is 35.6. The zero-order valence-electron chi connectivity index (χ0n) is 20.8. The summed E-state index contributed by atoms with van der Waals surface area (Å²) in [5, 5.41) is 1.31. The standard InChI is InChI=1S/C24H27ClN6O5S2/c1-27-14-24-15-29(38(34,35)20-10-16-2-3-17(25)11-18(16)37-20)12-19(32)30(24)13-23(31(24)22(27)33)4-7-28(8-5-23)21-26-6-9-36-21/h2-3,10-11H,4-9,12-15H2,1H3. The van der Waals surface area contributed by atoms with Gasteiger partial charge in [0.2, 0.25) is 5.91 Å². The number of aliphatic imine (C=N–C) groups is 1. The zero-order chi connectivity index (χ0) is 26.4. The predicted octanol–water partition coefficient (Wildman–Crippen LogP) is 1.69. The van der Waals surface area contributed by atoms with E-state index in [2.05, 4.69) is 9.89 Å². The van der Waals surface area contributed by atoms with Crippen molar-refractivity contribution in [2.24, 2.45) is 4.99 Å². The number of piperazine rings is 1. The minimum Gasteiger partial charge on any atom is -0.463 e. The number of likely N-dealkylation sites (N-methyl/N-ethyl adjacent to an activating group) is 1. The van der Waals surface area contributed by atoms with Crippen LogP contribution in [0.2, 0.25) is 5.02 Å². The van der Waals surface area contributed by atoms with Gasteiger partial charge in [0.1, 0.15) is 10.8 Å². The van der Waals surface area contributed by atoms with Gasteiger partial charge in [0.15, 0.2) is 5.66 Å². The van der Waals surface area contributed by atoms with Gasteiger partial charge < -0.3 is 19.4 Å². The first kappa shape index (κ1) is 24.4. The minimum absolute atomic E-state index is 0.0352. The summed E-state index contributed by atoms with van der Waals surface area (Å²) in [7, 11) is -2.27. The number of carbonyl (C=O) groups excluding carboxylic acids is 2. The predicted molar refractivity (Wildman–Crippen MR) is 142 cm³/mol. The molecular formula is C24H27ClN6O5S2. The number of thiophene rings is 1. The maximum Gasteiger partial charge on any atom is 0.322 e. The van der Waals surface area contributed by atoms with E-state index in [4.69, 9.17) is 16.3 Å². The molecule has 1 aromatic carbocycles. The second-order valence-corrected chi connectivity index (χ2v) is 14.4. The number of sulfonamides is 1. The van der Waals surface area contributed by atoms with E-state index in [9.17, 15) is 18.0 Å². The highest BCUT2D eigenvalue weighted by Gasteiger charge is 2.69. The number of urea groups is 1. The lowest BCUT2D eigenvalue weighted by atomic mass is 9.86. The van der Waals surface area contributed by atoms with E-state index in [0.29, 0.717) is 56.7 Å². The van der Waals surface area contributed by atoms with Crippen LogP contribution >= 0.6 is 22.9 Å². The molecule has 5 aliphatic heterocycles. The van der Waals surface area contributed by atoms with Gasteiger partial charge in [-0.05, 0) is 36.4 Å². The van der Waals surface area contributed by atoms with Gasteiger partial charge in [-0.1, -0.05) is 17.7 Å². The fourth-order valence-electron chi connectivity index (χ4n) is 6.75. The Bertz CT molecular complexity index is 1500. The van der Waals surface area contributed by atoms with Gasteiger partial charge in [-0.15, -0.1) is 11.3 Å². The highest BCUT2D eigenvalue weighted by atomic mass is 35.5. The van der Waals surface area contributed by atoms with Crippen molar-refractivity contribution in [2.75, 3.05) is 59.5 Å². The number of hydrogen-bond donors (Lipinski definition) is 0. The Hall–Kier alpha value is -2.61. The number of amidine groups is 1. The van der Waals surface area contributed by atoms with Crippen molar-refractivity contribution >= 4 is 61.0 Å². The second kappa shape index (κ2) is 8.20. The molecule has 0 saturated carbocycles. The molecule has 6 heterocycles. The third-order valence-corrected chi connectivity index (χ3v) is 12.1. The van der Waals surface area contributed by atoms with Crippen molar-refractivity contribution in [1.29, 1.82) is 0 Å². The van der Waals surface area contributed by atoms with Crippen LogP contribution < -0.4 is 0 Å². The summed E-state index contributed by atoms with van der Waals surface area (Å²) in [4.78, 5) is 39.0. The number of carbonyl (C=O) groups is 2. The van der Waals surface area contributed by atoms with Gasteiger partial charge in [-0.2, -0.15) is 4.31 Å². The van der Waals surface area contributed by atoms with Gasteiger partial charge in [0.05, 0.1) is 31.7 Å². The third-order valence-electron chi connectivity index (χ3n) is 8.48. The highest BCUT2D eigenvalue weighted by Crippen LogP contribution is 2.50. The Kier molecular flexibility index (Phi) is 5.27. The Morgan fingerprint density at radius 1 is 1.11 bits per heavy atom. The summed E-state index contributed by atoms with van der Waals surface area (Å²) in [6.45, 7) is 2.97. The molecule has 4 fully saturated rings. The van der Waals surface area contributed by atoms with Crippen LogP contribution in [0.1, 0.15) is 12.8 Å². The number of likely N-dealkylation sites (tertiary alicyclic amines) is 1. The largest absolute Gasteiger partial charge is 0.463 e. The van der Waals surface area contributed by atoms with E-state index in [1.165, 1.54) is 4.31 Å². The number of amides is 3. The second-order valence-electron chi connectivity index (χ2n) is 10.7. The number of ether oxygens (including phenoxy) is 1. The molecule has 11 nitrogen and oxygen atoms in total. The minimum atomic E-state index is -3.98. The maximum atomic E-state index is 13.9. The summed E-state index contributed by atoms with van der Waals surface area (Å²) >= 11 is 7.25. The first-order valence-electron chi connectivity index (χ1n) is 12.6. The summed E-state index contributed by atoms with van der Waals surface area (Å²) in [5.41, 5.74) is -1.61. The van der Waals surface area contributed by atoms with Crippen molar-refractivity contribution in [2.45, 2.75) is 28.3 Å². The quantitative estimate of drug-likeness (QED) is 0.537. The van der Waals surface area contributed by atoms with Gasteiger partial charge in [-0.25, -0.2) is 18.2 Å². The molecule has 14 heteroatoms.